The SMILES string of the molecule is CCc1ccccc1NC(=O)CCc1ccc(-c2ccccc2F)o1. The number of nitrogens with one attached hydrogen (secondary N) is 1. The van der Waals surface area contributed by atoms with Crippen molar-refractivity contribution in [3.8, 4) is 11.3 Å². The van der Waals surface area contributed by atoms with E-state index in [1.165, 1.54) is 6.07 Å². The summed E-state index contributed by atoms with van der Waals surface area (Å²) in [6.07, 6.45) is 1.64. The summed E-state index contributed by atoms with van der Waals surface area (Å²) in [6, 6.07) is 17.8. The van der Waals surface area contributed by atoms with Gasteiger partial charge in [-0.15, -0.1) is 0 Å². The summed E-state index contributed by atoms with van der Waals surface area (Å²) in [7, 11) is 0. The van der Waals surface area contributed by atoms with E-state index in [1.54, 1.807) is 30.3 Å². The second-order valence-corrected chi connectivity index (χ2v) is 5.80. The number of anilines is 1. The number of carbonyl (C=O) groups is 1. The van der Waals surface area contributed by atoms with Crippen molar-refractivity contribution in [3.05, 3.63) is 77.8 Å². The minimum Gasteiger partial charge on any atom is -0.461 e. The number of furan rings is 1. The number of amides is 1. The Balaban J connectivity index is 1.61. The van der Waals surface area contributed by atoms with Gasteiger partial charge in [-0.05, 0) is 42.3 Å². The van der Waals surface area contributed by atoms with Crippen LogP contribution in [0.1, 0.15) is 24.7 Å². The van der Waals surface area contributed by atoms with Crippen molar-refractivity contribution in [1.29, 1.82) is 0 Å². The topological polar surface area (TPSA) is 42.2 Å². The van der Waals surface area contributed by atoms with Crippen LogP contribution in [0.25, 0.3) is 11.3 Å². The van der Waals surface area contributed by atoms with Crippen LogP contribution in [0, 0.1) is 5.82 Å². The lowest BCUT2D eigenvalue weighted by Crippen LogP contribution is -2.13. The van der Waals surface area contributed by atoms with E-state index in [2.05, 4.69) is 12.2 Å². The van der Waals surface area contributed by atoms with Gasteiger partial charge in [0.05, 0.1) is 5.56 Å². The van der Waals surface area contributed by atoms with Gasteiger partial charge in [0.2, 0.25) is 5.91 Å². The smallest absolute Gasteiger partial charge is 0.224 e. The average molecular weight is 337 g/mol. The molecule has 0 saturated heterocycles. The zero-order valence-corrected chi connectivity index (χ0v) is 14.1. The minimum atomic E-state index is -0.322. The Morgan fingerprint density at radius 1 is 1.04 bits per heavy atom. The van der Waals surface area contributed by atoms with Gasteiger partial charge >= 0.3 is 0 Å². The van der Waals surface area contributed by atoms with Gasteiger partial charge in [0.1, 0.15) is 17.3 Å². The molecule has 2 aromatic carbocycles. The molecule has 0 fully saturated rings. The van der Waals surface area contributed by atoms with E-state index in [0.29, 0.717) is 29.9 Å². The standard InChI is InChI=1S/C21H20FNO2/c1-2-15-7-3-6-10-19(15)23-21(24)14-12-16-11-13-20(25-16)17-8-4-5-9-18(17)22/h3-11,13H,2,12,14H2,1H3,(H,23,24). The second kappa shape index (κ2) is 7.79. The maximum absolute atomic E-state index is 13.8. The van der Waals surface area contributed by atoms with Crippen molar-refractivity contribution in [2.45, 2.75) is 26.2 Å². The Hall–Kier alpha value is -2.88. The molecule has 1 N–H and O–H groups in total. The number of aryl methyl sites for hydroxylation is 2. The third-order valence-electron chi connectivity index (χ3n) is 4.07. The summed E-state index contributed by atoms with van der Waals surface area (Å²) in [5.41, 5.74) is 2.38. The van der Waals surface area contributed by atoms with E-state index in [0.717, 1.165) is 17.7 Å². The molecule has 1 amide bonds. The van der Waals surface area contributed by atoms with Crippen LogP contribution in [-0.2, 0) is 17.6 Å². The maximum Gasteiger partial charge on any atom is 0.224 e. The van der Waals surface area contributed by atoms with Crippen molar-refractivity contribution in [2.75, 3.05) is 5.32 Å². The lowest BCUT2D eigenvalue weighted by molar-refractivity contribution is -0.116. The van der Waals surface area contributed by atoms with Crippen molar-refractivity contribution in [3.63, 3.8) is 0 Å². The first-order chi connectivity index (χ1) is 12.2. The molecule has 0 aliphatic rings. The quantitative estimate of drug-likeness (QED) is 0.670. The third-order valence-corrected chi connectivity index (χ3v) is 4.07. The fourth-order valence-corrected chi connectivity index (χ4v) is 2.72. The van der Waals surface area contributed by atoms with Gasteiger partial charge in [-0.3, -0.25) is 4.79 Å². The van der Waals surface area contributed by atoms with Gasteiger partial charge in [0.25, 0.3) is 0 Å². The first-order valence-electron chi connectivity index (χ1n) is 8.38. The highest BCUT2D eigenvalue weighted by atomic mass is 19.1. The molecule has 0 saturated carbocycles. The normalized spacial score (nSPS) is 10.6. The van der Waals surface area contributed by atoms with Crippen molar-refractivity contribution in [2.24, 2.45) is 0 Å². The van der Waals surface area contributed by atoms with Crippen molar-refractivity contribution < 1.29 is 13.6 Å². The van der Waals surface area contributed by atoms with Crippen LogP contribution in [0.15, 0.2) is 65.1 Å². The first kappa shape index (κ1) is 17.0. The van der Waals surface area contributed by atoms with E-state index in [9.17, 15) is 9.18 Å². The molecule has 1 aromatic heterocycles. The summed E-state index contributed by atoms with van der Waals surface area (Å²) in [4.78, 5) is 12.2. The molecule has 1 heterocycles. The van der Waals surface area contributed by atoms with Gasteiger partial charge in [0, 0.05) is 18.5 Å². The highest BCUT2D eigenvalue weighted by Crippen LogP contribution is 2.25. The molecule has 0 unspecified atom stereocenters. The van der Waals surface area contributed by atoms with Crippen LogP contribution in [0.2, 0.25) is 0 Å². The predicted molar refractivity (Wildman–Crippen MR) is 96.9 cm³/mol. The first-order valence-corrected chi connectivity index (χ1v) is 8.38. The second-order valence-electron chi connectivity index (χ2n) is 5.80. The van der Waals surface area contributed by atoms with Crippen LogP contribution in [0.5, 0.6) is 0 Å². The molecule has 0 bridgehead atoms. The Morgan fingerprint density at radius 2 is 1.80 bits per heavy atom. The number of hydrogen-bond donors (Lipinski definition) is 1. The summed E-state index contributed by atoms with van der Waals surface area (Å²) >= 11 is 0. The third kappa shape index (κ3) is 4.15. The van der Waals surface area contributed by atoms with Crippen molar-refractivity contribution >= 4 is 11.6 Å². The fraction of sp³-hybridized carbons (Fsp3) is 0.190. The monoisotopic (exact) mass is 337 g/mol. The number of hydrogen-bond acceptors (Lipinski definition) is 2. The minimum absolute atomic E-state index is 0.0651. The molecule has 0 aliphatic heterocycles. The van der Waals surface area contributed by atoms with Crippen LogP contribution in [-0.4, -0.2) is 5.91 Å². The zero-order valence-electron chi connectivity index (χ0n) is 14.1. The largest absolute Gasteiger partial charge is 0.461 e. The van der Waals surface area contributed by atoms with Gasteiger partial charge in [0.15, 0.2) is 0 Å². The van der Waals surface area contributed by atoms with Crippen LogP contribution >= 0.6 is 0 Å². The molecule has 3 nitrogen and oxygen atoms in total. The molecule has 25 heavy (non-hydrogen) atoms. The number of para-hydroxylation sites is 1. The molecule has 0 spiro atoms. The van der Waals surface area contributed by atoms with E-state index < -0.39 is 0 Å². The van der Waals surface area contributed by atoms with Gasteiger partial charge < -0.3 is 9.73 Å². The van der Waals surface area contributed by atoms with Crippen LogP contribution < -0.4 is 5.32 Å². The molecule has 128 valence electrons. The van der Waals surface area contributed by atoms with Crippen LogP contribution in [0.4, 0.5) is 10.1 Å². The fourth-order valence-electron chi connectivity index (χ4n) is 2.72. The molecule has 3 aromatic rings. The number of halogens is 1. The van der Waals surface area contributed by atoms with E-state index in [-0.39, 0.29) is 11.7 Å². The molecule has 3 rings (SSSR count). The molecular formula is C21H20FNO2. The molecule has 0 radical (unpaired) electrons. The molecule has 0 atom stereocenters. The zero-order chi connectivity index (χ0) is 17.6. The number of rotatable bonds is 6. The Labute approximate surface area is 146 Å². The summed E-state index contributed by atoms with van der Waals surface area (Å²) in [5, 5.41) is 2.94. The lowest BCUT2D eigenvalue weighted by atomic mass is 10.1. The van der Waals surface area contributed by atoms with Gasteiger partial charge in [-0.1, -0.05) is 37.3 Å². The lowest BCUT2D eigenvalue weighted by Gasteiger charge is -2.09. The molecule has 0 aliphatic carbocycles. The van der Waals surface area contributed by atoms with E-state index in [4.69, 9.17) is 4.42 Å². The van der Waals surface area contributed by atoms with E-state index >= 15 is 0 Å². The van der Waals surface area contributed by atoms with Gasteiger partial charge in [-0.25, -0.2) is 4.39 Å². The summed E-state index contributed by atoms with van der Waals surface area (Å²) < 4.78 is 19.5. The summed E-state index contributed by atoms with van der Waals surface area (Å²) in [6.45, 7) is 2.05. The number of carbonyl (C=O) groups excluding carboxylic acids is 1. The Kier molecular flexibility index (Phi) is 5.29. The molecular weight excluding hydrogens is 317 g/mol. The highest BCUT2D eigenvalue weighted by molar-refractivity contribution is 5.91. The molecule has 4 heteroatoms. The predicted octanol–water partition coefficient (Wildman–Crippen LogP) is 5.22. The number of benzene rings is 2. The Morgan fingerprint density at radius 3 is 2.60 bits per heavy atom. The average Bonchev–Trinajstić information content (AvgIpc) is 3.09. The Bertz CT molecular complexity index is 870. The summed E-state index contributed by atoms with van der Waals surface area (Å²) in [5.74, 6) is 0.754. The van der Waals surface area contributed by atoms with E-state index in [1.807, 2.05) is 24.3 Å². The van der Waals surface area contributed by atoms with Gasteiger partial charge in [-0.2, -0.15) is 0 Å². The van der Waals surface area contributed by atoms with Crippen LogP contribution in [0.3, 0.4) is 0 Å². The maximum atomic E-state index is 13.8. The highest BCUT2D eigenvalue weighted by Gasteiger charge is 2.11. The van der Waals surface area contributed by atoms with Crippen molar-refractivity contribution in [1.82, 2.24) is 0 Å².